The summed E-state index contributed by atoms with van der Waals surface area (Å²) in [6.07, 6.45) is 6.21. The van der Waals surface area contributed by atoms with E-state index in [0.29, 0.717) is 6.42 Å². The van der Waals surface area contributed by atoms with Gasteiger partial charge >= 0.3 is 0 Å². The van der Waals surface area contributed by atoms with Crippen molar-refractivity contribution in [2.24, 2.45) is 5.92 Å². The third-order valence-corrected chi connectivity index (χ3v) is 2.34. The van der Waals surface area contributed by atoms with Crippen molar-refractivity contribution in [3.63, 3.8) is 0 Å². The minimum Gasteiger partial charge on any atom is -0.305 e. The number of carbonyl (C=O) groups is 1. The van der Waals surface area contributed by atoms with Gasteiger partial charge in [-0.1, -0.05) is 12.2 Å². The molecule has 0 amide bonds. The molecule has 0 aromatic heterocycles. The molecule has 0 bridgehead atoms. The fourth-order valence-electron chi connectivity index (χ4n) is 1.18. The second kappa shape index (κ2) is 3.67. The van der Waals surface area contributed by atoms with Crippen molar-refractivity contribution in [2.75, 3.05) is 0 Å². The first kappa shape index (κ1) is 8.47. The molecule has 1 N–H and O–H groups in total. The molecule has 0 saturated heterocycles. The van der Waals surface area contributed by atoms with E-state index in [1.165, 1.54) is 0 Å². The number of ketones is 1. The van der Waals surface area contributed by atoms with E-state index in [4.69, 9.17) is 17.0 Å². The predicted molar refractivity (Wildman–Crippen MR) is 45.3 cm³/mol. The Kier molecular flexibility index (Phi) is 2.83. The number of hydrogen-bond donors (Lipinski definition) is 1. The van der Waals surface area contributed by atoms with Gasteiger partial charge in [0.1, 0.15) is 0 Å². The van der Waals surface area contributed by atoms with Gasteiger partial charge in [0.05, 0.1) is 6.21 Å². The molecule has 60 valence electrons. The molecule has 0 heterocycles. The second-order valence-corrected chi connectivity index (χ2v) is 3.17. The van der Waals surface area contributed by atoms with Crippen molar-refractivity contribution in [3.8, 4) is 0 Å². The van der Waals surface area contributed by atoms with Crippen LogP contribution in [0, 0.1) is 11.3 Å². The molecule has 2 atom stereocenters. The van der Waals surface area contributed by atoms with Gasteiger partial charge in [0.2, 0.25) is 0 Å². The molecule has 0 aromatic carbocycles. The highest BCUT2D eigenvalue weighted by Crippen LogP contribution is 2.24. The third kappa shape index (κ3) is 1.90. The lowest BCUT2D eigenvalue weighted by atomic mass is 9.90. The fourth-order valence-corrected chi connectivity index (χ4v) is 1.51. The number of nitrogens with one attached hydrogen (secondary N) is 1. The molecule has 0 saturated carbocycles. The number of hydrogen-bond acceptors (Lipinski definition) is 2. The summed E-state index contributed by atoms with van der Waals surface area (Å²) in [5.74, 6) is -0.325. The highest BCUT2D eigenvalue weighted by molar-refractivity contribution is 6.31. The van der Waals surface area contributed by atoms with Crippen LogP contribution in [0.4, 0.5) is 0 Å². The fraction of sp³-hybridized carbons (Fsp3) is 0.500. The molecule has 0 radical (unpaired) electrons. The minimum absolute atomic E-state index is 0.117. The Labute approximate surface area is 70.7 Å². The van der Waals surface area contributed by atoms with Gasteiger partial charge < -0.3 is 5.41 Å². The minimum atomic E-state index is -0.167. The summed E-state index contributed by atoms with van der Waals surface area (Å²) in [4.78, 5) is 11.0. The summed E-state index contributed by atoms with van der Waals surface area (Å²) in [6.45, 7) is 0. The smallest absolute Gasteiger partial charge is 0.177 e. The molecule has 1 rings (SSSR count). The molecule has 0 fully saturated rings. The van der Waals surface area contributed by atoms with Gasteiger partial charge in [0.15, 0.2) is 5.78 Å². The van der Waals surface area contributed by atoms with Crippen molar-refractivity contribution < 1.29 is 4.79 Å². The topological polar surface area (TPSA) is 40.9 Å². The first-order valence-electron chi connectivity index (χ1n) is 3.59. The average Bonchev–Trinajstić information content (AvgIpc) is 2.04. The number of rotatable bonds is 2. The van der Waals surface area contributed by atoms with E-state index in [1.54, 1.807) is 0 Å². The normalized spacial score (nSPS) is 29.9. The van der Waals surface area contributed by atoms with Crippen molar-refractivity contribution in [3.05, 3.63) is 12.2 Å². The second-order valence-electron chi connectivity index (χ2n) is 2.61. The van der Waals surface area contributed by atoms with Gasteiger partial charge in [0, 0.05) is 11.3 Å². The number of alkyl halides is 1. The summed E-state index contributed by atoms with van der Waals surface area (Å²) >= 11 is 5.88. The third-order valence-electron chi connectivity index (χ3n) is 1.86. The zero-order chi connectivity index (χ0) is 8.27. The van der Waals surface area contributed by atoms with E-state index < -0.39 is 0 Å². The van der Waals surface area contributed by atoms with Crippen molar-refractivity contribution >= 4 is 23.6 Å². The molecule has 11 heavy (non-hydrogen) atoms. The summed E-state index contributed by atoms with van der Waals surface area (Å²) < 4.78 is 0. The molecule has 0 aliphatic heterocycles. The van der Waals surface area contributed by atoms with Crippen LogP contribution in [0.2, 0.25) is 0 Å². The Morgan fingerprint density at radius 1 is 1.55 bits per heavy atom. The average molecular weight is 172 g/mol. The van der Waals surface area contributed by atoms with Gasteiger partial charge in [-0.05, 0) is 12.8 Å². The maximum Gasteiger partial charge on any atom is 0.177 e. The number of halogens is 1. The van der Waals surface area contributed by atoms with Crippen molar-refractivity contribution in [1.29, 1.82) is 5.41 Å². The molecule has 0 aromatic rings. The summed E-state index contributed by atoms with van der Waals surface area (Å²) in [6, 6.07) is 0. The first-order valence-corrected chi connectivity index (χ1v) is 4.02. The largest absolute Gasteiger partial charge is 0.305 e. The Morgan fingerprint density at radius 3 is 2.73 bits per heavy atom. The summed E-state index contributed by atoms with van der Waals surface area (Å²) in [7, 11) is 0. The first-order chi connectivity index (χ1) is 5.25. The molecule has 3 heteroatoms. The number of Topliss-reactive ketones (excluding diaryl/α,β-unsaturated/α-hetero) is 1. The van der Waals surface area contributed by atoms with Gasteiger partial charge in [-0.2, -0.15) is 0 Å². The maximum atomic E-state index is 11.0. The van der Waals surface area contributed by atoms with E-state index in [2.05, 4.69) is 0 Å². The SMILES string of the molecule is N=CC(=O)C1CC=CCC1Cl. The summed E-state index contributed by atoms with van der Waals surface area (Å²) in [5.41, 5.74) is 0. The van der Waals surface area contributed by atoms with Crippen LogP contribution in [0.3, 0.4) is 0 Å². The maximum absolute atomic E-state index is 11.0. The van der Waals surface area contributed by atoms with Gasteiger partial charge in [0.25, 0.3) is 0 Å². The molecule has 1 aliphatic rings. The zero-order valence-corrected chi connectivity index (χ0v) is 6.84. The highest BCUT2D eigenvalue weighted by Gasteiger charge is 2.25. The van der Waals surface area contributed by atoms with Crippen LogP contribution in [-0.2, 0) is 4.79 Å². The predicted octanol–water partition coefficient (Wildman–Crippen LogP) is 1.78. The molecular weight excluding hydrogens is 162 g/mol. The van der Waals surface area contributed by atoms with E-state index in [9.17, 15) is 4.79 Å². The van der Waals surface area contributed by atoms with Crippen LogP contribution in [0.25, 0.3) is 0 Å². The van der Waals surface area contributed by atoms with Crippen LogP contribution < -0.4 is 0 Å². The monoisotopic (exact) mass is 171 g/mol. The lowest BCUT2D eigenvalue weighted by Gasteiger charge is -2.19. The molecule has 2 nitrogen and oxygen atoms in total. The van der Waals surface area contributed by atoms with Gasteiger partial charge in [-0.15, -0.1) is 11.6 Å². The summed E-state index contributed by atoms with van der Waals surface area (Å²) in [5, 5.41) is 6.66. The Bertz CT molecular complexity index is 200. The van der Waals surface area contributed by atoms with E-state index in [0.717, 1.165) is 12.6 Å². The zero-order valence-electron chi connectivity index (χ0n) is 6.09. The molecular formula is C8H10ClNO. The van der Waals surface area contributed by atoms with Gasteiger partial charge in [-0.3, -0.25) is 4.79 Å². The van der Waals surface area contributed by atoms with Crippen LogP contribution in [0.5, 0.6) is 0 Å². The van der Waals surface area contributed by atoms with E-state index in [-0.39, 0.29) is 17.1 Å². The molecule has 1 aliphatic carbocycles. The van der Waals surface area contributed by atoms with Crippen LogP contribution >= 0.6 is 11.6 Å². The number of allylic oxidation sites excluding steroid dienone is 2. The van der Waals surface area contributed by atoms with E-state index >= 15 is 0 Å². The molecule has 2 unspecified atom stereocenters. The Balaban J connectivity index is 2.63. The lowest BCUT2D eigenvalue weighted by molar-refractivity contribution is -0.116. The van der Waals surface area contributed by atoms with Crippen molar-refractivity contribution in [2.45, 2.75) is 18.2 Å². The standard InChI is InChI=1S/C8H10ClNO/c9-7-4-2-1-3-6(7)8(11)5-10/h1-2,5-7,10H,3-4H2. The Morgan fingerprint density at radius 2 is 2.18 bits per heavy atom. The van der Waals surface area contributed by atoms with Gasteiger partial charge in [-0.25, -0.2) is 0 Å². The number of carbonyl (C=O) groups excluding carboxylic acids is 1. The van der Waals surface area contributed by atoms with Crippen LogP contribution in [-0.4, -0.2) is 17.4 Å². The molecule has 0 spiro atoms. The highest BCUT2D eigenvalue weighted by atomic mass is 35.5. The quantitative estimate of drug-likeness (QED) is 0.384. The lowest BCUT2D eigenvalue weighted by Crippen LogP contribution is -2.26. The van der Waals surface area contributed by atoms with Crippen LogP contribution in [0.15, 0.2) is 12.2 Å². The van der Waals surface area contributed by atoms with Crippen LogP contribution in [0.1, 0.15) is 12.8 Å². The van der Waals surface area contributed by atoms with E-state index in [1.807, 2.05) is 12.2 Å². The van der Waals surface area contributed by atoms with Crippen molar-refractivity contribution in [1.82, 2.24) is 0 Å². The Hall–Kier alpha value is -0.630.